The van der Waals surface area contributed by atoms with Crippen molar-refractivity contribution in [3.05, 3.63) is 0 Å². The highest BCUT2D eigenvalue weighted by atomic mass is 32.2. The van der Waals surface area contributed by atoms with Crippen LogP contribution in [-0.2, 0) is 24.2 Å². The third-order valence-electron chi connectivity index (χ3n) is 2.10. The first-order valence-corrected chi connectivity index (χ1v) is 7.33. The molecule has 0 aromatic rings. The maximum Gasteiger partial charge on any atom is 0.323 e. The van der Waals surface area contributed by atoms with Gasteiger partial charge in [0.1, 0.15) is 12.3 Å². The molecule has 0 fully saturated rings. The van der Waals surface area contributed by atoms with Gasteiger partial charge in [-0.3, -0.25) is 9.59 Å². The molecule has 106 valence electrons. The number of carbonyl (C=O) groups excluding carboxylic acids is 1. The van der Waals surface area contributed by atoms with Gasteiger partial charge in [-0.15, -0.1) is 0 Å². The zero-order valence-corrected chi connectivity index (χ0v) is 11.4. The van der Waals surface area contributed by atoms with Gasteiger partial charge in [0.15, 0.2) is 9.84 Å². The first kappa shape index (κ1) is 16.9. The van der Waals surface area contributed by atoms with Crippen LogP contribution in [0.1, 0.15) is 13.3 Å². The Bertz CT molecular complexity index is 378. The SMILES string of the molecule is CCCS(=O)(=O)CC(=O)N(CCOC)CC(=O)O. The van der Waals surface area contributed by atoms with Crippen LogP contribution in [0.4, 0.5) is 0 Å². The van der Waals surface area contributed by atoms with E-state index < -0.39 is 34.0 Å². The molecule has 0 aromatic carbocycles. The number of carbonyl (C=O) groups is 2. The number of hydrogen-bond acceptors (Lipinski definition) is 5. The number of aliphatic carboxylic acids is 1. The number of rotatable bonds is 9. The van der Waals surface area contributed by atoms with Crippen molar-refractivity contribution in [3.8, 4) is 0 Å². The number of ether oxygens (including phenoxy) is 1. The molecule has 0 saturated carbocycles. The minimum atomic E-state index is -3.46. The summed E-state index contributed by atoms with van der Waals surface area (Å²) in [6.45, 7) is 1.39. The fourth-order valence-corrected chi connectivity index (χ4v) is 2.64. The monoisotopic (exact) mass is 281 g/mol. The van der Waals surface area contributed by atoms with Gasteiger partial charge in [0.25, 0.3) is 0 Å². The summed E-state index contributed by atoms with van der Waals surface area (Å²) in [6.07, 6.45) is 0.423. The molecule has 0 spiro atoms. The summed E-state index contributed by atoms with van der Waals surface area (Å²) in [4.78, 5) is 23.3. The highest BCUT2D eigenvalue weighted by Crippen LogP contribution is 1.99. The summed E-state index contributed by atoms with van der Waals surface area (Å²) in [5.41, 5.74) is 0. The second-order valence-corrected chi connectivity index (χ2v) is 5.98. The standard InChI is InChI=1S/C10H19NO6S/c1-3-6-18(15,16)8-9(12)11(4-5-17-2)7-10(13)14/h3-8H2,1-2H3,(H,13,14). The second kappa shape index (κ2) is 8.04. The highest BCUT2D eigenvalue weighted by molar-refractivity contribution is 7.92. The molecular weight excluding hydrogens is 262 g/mol. The van der Waals surface area contributed by atoms with E-state index in [0.29, 0.717) is 6.42 Å². The van der Waals surface area contributed by atoms with E-state index in [4.69, 9.17) is 9.84 Å². The molecule has 1 amide bonds. The summed E-state index contributed by atoms with van der Waals surface area (Å²) < 4.78 is 27.7. The van der Waals surface area contributed by atoms with Crippen LogP contribution >= 0.6 is 0 Å². The smallest absolute Gasteiger partial charge is 0.323 e. The maximum absolute atomic E-state index is 11.7. The van der Waals surface area contributed by atoms with Crippen molar-refractivity contribution in [2.24, 2.45) is 0 Å². The Kier molecular flexibility index (Phi) is 7.53. The lowest BCUT2D eigenvalue weighted by molar-refractivity contribution is -0.143. The van der Waals surface area contributed by atoms with Gasteiger partial charge in [-0.05, 0) is 6.42 Å². The van der Waals surface area contributed by atoms with E-state index >= 15 is 0 Å². The van der Waals surface area contributed by atoms with E-state index in [9.17, 15) is 18.0 Å². The van der Waals surface area contributed by atoms with Gasteiger partial charge in [0, 0.05) is 13.7 Å². The lowest BCUT2D eigenvalue weighted by Crippen LogP contribution is -2.41. The molecule has 7 nitrogen and oxygen atoms in total. The highest BCUT2D eigenvalue weighted by Gasteiger charge is 2.22. The van der Waals surface area contributed by atoms with E-state index in [-0.39, 0.29) is 18.9 Å². The molecule has 0 radical (unpaired) electrons. The van der Waals surface area contributed by atoms with Gasteiger partial charge >= 0.3 is 5.97 Å². The number of sulfone groups is 1. The predicted octanol–water partition coefficient (Wildman–Crippen LogP) is -0.629. The summed E-state index contributed by atoms with van der Waals surface area (Å²) >= 11 is 0. The van der Waals surface area contributed by atoms with Gasteiger partial charge in [-0.1, -0.05) is 6.92 Å². The summed E-state index contributed by atoms with van der Waals surface area (Å²) in [7, 11) is -2.05. The van der Waals surface area contributed by atoms with E-state index in [2.05, 4.69) is 0 Å². The van der Waals surface area contributed by atoms with E-state index in [0.717, 1.165) is 4.90 Å². The fourth-order valence-electron chi connectivity index (χ4n) is 1.32. The maximum atomic E-state index is 11.7. The van der Waals surface area contributed by atoms with Crippen molar-refractivity contribution in [2.45, 2.75) is 13.3 Å². The van der Waals surface area contributed by atoms with Crippen LogP contribution < -0.4 is 0 Å². The second-order valence-electron chi connectivity index (χ2n) is 3.79. The van der Waals surface area contributed by atoms with Gasteiger partial charge in [-0.2, -0.15) is 0 Å². The van der Waals surface area contributed by atoms with Crippen LogP contribution in [0.5, 0.6) is 0 Å². The Morgan fingerprint density at radius 2 is 1.94 bits per heavy atom. The van der Waals surface area contributed by atoms with E-state index in [1.807, 2.05) is 0 Å². The number of amides is 1. The van der Waals surface area contributed by atoms with Crippen molar-refractivity contribution in [2.75, 3.05) is 38.3 Å². The van der Waals surface area contributed by atoms with Crippen LogP contribution in [-0.4, -0.2) is 68.6 Å². The minimum Gasteiger partial charge on any atom is -0.480 e. The van der Waals surface area contributed by atoms with Gasteiger partial charge in [0.05, 0.1) is 12.4 Å². The molecule has 0 heterocycles. The molecule has 8 heteroatoms. The number of carboxylic acids is 1. The normalized spacial score (nSPS) is 11.2. The Morgan fingerprint density at radius 3 is 2.39 bits per heavy atom. The number of carboxylic acid groups (broad SMARTS) is 1. The number of hydrogen-bond donors (Lipinski definition) is 1. The van der Waals surface area contributed by atoms with Crippen LogP contribution in [0.25, 0.3) is 0 Å². The fraction of sp³-hybridized carbons (Fsp3) is 0.800. The van der Waals surface area contributed by atoms with Crippen LogP contribution in [0.3, 0.4) is 0 Å². The molecule has 1 N–H and O–H groups in total. The van der Waals surface area contributed by atoms with Crippen molar-refractivity contribution in [3.63, 3.8) is 0 Å². The van der Waals surface area contributed by atoms with Gasteiger partial charge in [-0.25, -0.2) is 8.42 Å². The molecule has 0 unspecified atom stereocenters. The van der Waals surface area contributed by atoms with Gasteiger partial charge < -0.3 is 14.7 Å². The van der Waals surface area contributed by atoms with Crippen LogP contribution in [0.15, 0.2) is 0 Å². The molecule has 0 rings (SSSR count). The third-order valence-corrected chi connectivity index (χ3v) is 3.82. The van der Waals surface area contributed by atoms with Crippen LogP contribution in [0.2, 0.25) is 0 Å². The molecule has 0 aliphatic rings. The zero-order chi connectivity index (χ0) is 14.2. The molecule has 0 aliphatic carbocycles. The minimum absolute atomic E-state index is 0.0588. The third kappa shape index (κ3) is 7.23. The van der Waals surface area contributed by atoms with Crippen molar-refractivity contribution < 1.29 is 27.9 Å². The molecule has 0 aliphatic heterocycles. The Hall–Kier alpha value is -1.15. The molecular formula is C10H19NO6S. The molecule has 0 aromatic heterocycles. The molecule has 0 bridgehead atoms. The van der Waals surface area contributed by atoms with Crippen molar-refractivity contribution in [1.29, 1.82) is 0 Å². The average molecular weight is 281 g/mol. The first-order valence-electron chi connectivity index (χ1n) is 5.51. The Labute approximate surface area is 107 Å². The Balaban J connectivity index is 4.59. The van der Waals surface area contributed by atoms with E-state index in [1.54, 1.807) is 6.92 Å². The van der Waals surface area contributed by atoms with Crippen molar-refractivity contribution in [1.82, 2.24) is 4.90 Å². The predicted molar refractivity (Wildman–Crippen MR) is 65.0 cm³/mol. The number of nitrogens with zero attached hydrogens (tertiary/aromatic N) is 1. The van der Waals surface area contributed by atoms with E-state index in [1.165, 1.54) is 7.11 Å². The lowest BCUT2D eigenvalue weighted by Gasteiger charge is -2.20. The average Bonchev–Trinajstić information content (AvgIpc) is 2.22. The first-order chi connectivity index (χ1) is 8.32. The van der Waals surface area contributed by atoms with Gasteiger partial charge in [0.2, 0.25) is 5.91 Å². The molecule has 0 saturated heterocycles. The molecule has 0 atom stereocenters. The van der Waals surface area contributed by atoms with Crippen LogP contribution in [0, 0.1) is 0 Å². The zero-order valence-electron chi connectivity index (χ0n) is 10.6. The lowest BCUT2D eigenvalue weighted by atomic mass is 10.4. The summed E-state index contributed by atoms with van der Waals surface area (Å²) in [5, 5.41) is 8.65. The quantitative estimate of drug-likeness (QED) is 0.604. The Morgan fingerprint density at radius 1 is 1.33 bits per heavy atom. The topological polar surface area (TPSA) is 101 Å². The largest absolute Gasteiger partial charge is 0.480 e. The van der Waals surface area contributed by atoms with Crippen molar-refractivity contribution >= 4 is 21.7 Å². The summed E-state index contributed by atoms with van der Waals surface area (Å²) in [6, 6.07) is 0. The summed E-state index contributed by atoms with van der Waals surface area (Å²) in [5.74, 6) is -2.63. The number of methoxy groups -OCH3 is 1. The molecule has 18 heavy (non-hydrogen) atoms.